The van der Waals surface area contributed by atoms with Crippen molar-refractivity contribution in [3.8, 4) is 5.75 Å². The Bertz CT molecular complexity index is 907. The number of anilines is 1. The molecule has 1 aliphatic heterocycles. The first-order chi connectivity index (χ1) is 14.0. The van der Waals surface area contributed by atoms with Gasteiger partial charge in [0.05, 0.1) is 12.7 Å². The van der Waals surface area contributed by atoms with Gasteiger partial charge < -0.3 is 14.8 Å². The number of amides is 2. The number of rotatable bonds is 9. The highest BCUT2D eigenvalue weighted by molar-refractivity contribution is 6.36. The van der Waals surface area contributed by atoms with E-state index in [9.17, 15) is 9.59 Å². The number of methoxy groups -OCH3 is 1. The summed E-state index contributed by atoms with van der Waals surface area (Å²) in [5.74, 6) is 0.0194. The number of nitrogens with zero attached hydrogens (tertiary/aromatic N) is 1. The van der Waals surface area contributed by atoms with Crippen molar-refractivity contribution < 1.29 is 19.1 Å². The maximum Gasteiger partial charge on any atom is 0.278 e. The molecule has 1 aliphatic rings. The second-order valence-corrected chi connectivity index (χ2v) is 6.86. The highest BCUT2D eigenvalue weighted by Gasteiger charge is 2.38. The lowest BCUT2D eigenvalue weighted by molar-refractivity contribution is -0.137. The van der Waals surface area contributed by atoms with Crippen LogP contribution >= 0.6 is 11.6 Å². The first-order valence-corrected chi connectivity index (χ1v) is 9.78. The average molecular weight is 415 g/mol. The van der Waals surface area contributed by atoms with Gasteiger partial charge in [0, 0.05) is 30.5 Å². The minimum absolute atomic E-state index is 0.249. The minimum Gasteiger partial charge on any atom is -0.497 e. The predicted molar refractivity (Wildman–Crippen MR) is 113 cm³/mol. The molecule has 0 aliphatic carbocycles. The molecule has 6 nitrogen and oxygen atoms in total. The molecule has 0 bridgehead atoms. The van der Waals surface area contributed by atoms with Crippen molar-refractivity contribution in [3.05, 3.63) is 64.8 Å². The number of carbonyl (C=O) groups is 2. The van der Waals surface area contributed by atoms with Crippen LogP contribution in [0.2, 0.25) is 5.02 Å². The summed E-state index contributed by atoms with van der Waals surface area (Å²) in [7, 11) is 1.59. The van der Waals surface area contributed by atoms with Crippen LogP contribution in [-0.2, 0) is 14.3 Å². The number of halogens is 1. The van der Waals surface area contributed by atoms with E-state index in [1.807, 2.05) is 6.92 Å². The van der Waals surface area contributed by atoms with Crippen molar-refractivity contribution in [3.63, 3.8) is 0 Å². The van der Waals surface area contributed by atoms with Gasteiger partial charge in [-0.15, -0.1) is 0 Å². The lowest BCUT2D eigenvalue weighted by atomic mass is 10.0. The number of carbonyl (C=O) groups excluding carboxylic acids is 2. The van der Waals surface area contributed by atoms with E-state index in [0.717, 1.165) is 0 Å². The van der Waals surface area contributed by atoms with Crippen molar-refractivity contribution in [2.45, 2.75) is 13.3 Å². The number of nitrogens with one attached hydrogen (secondary N) is 1. The molecule has 0 unspecified atom stereocenters. The quantitative estimate of drug-likeness (QED) is 0.496. The number of hydrogen-bond donors (Lipinski definition) is 1. The third kappa shape index (κ3) is 4.78. The third-order valence-corrected chi connectivity index (χ3v) is 4.79. The molecule has 0 spiro atoms. The fourth-order valence-corrected chi connectivity index (χ4v) is 3.19. The Balaban J connectivity index is 1.91. The van der Waals surface area contributed by atoms with Crippen molar-refractivity contribution in [1.82, 2.24) is 4.90 Å². The smallest absolute Gasteiger partial charge is 0.278 e. The van der Waals surface area contributed by atoms with E-state index >= 15 is 0 Å². The van der Waals surface area contributed by atoms with Crippen molar-refractivity contribution in [2.75, 3.05) is 32.2 Å². The van der Waals surface area contributed by atoms with Gasteiger partial charge in [0.25, 0.3) is 11.8 Å². The van der Waals surface area contributed by atoms with Crippen LogP contribution in [0.5, 0.6) is 5.75 Å². The number of hydrogen-bond acceptors (Lipinski definition) is 5. The molecule has 0 saturated carbocycles. The zero-order valence-electron chi connectivity index (χ0n) is 16.4. The van der Waals surface area contributed by atoms with Gasteiger partial charge in [-0.25, -0.2) is 0 Å². The second kappa shape index (κ2) is 9.58. The van der Waals surface area contributed by atoms with E-state index in [0.29, 0.717) is 53.8 Å². The summed E-state index contributed by atoms with van der Waals surface area (Å²) in [6, 6.07) is 14.0. The molecular weight excluding hydrogens is 392 g/mol. The second-order valence-electron chi connectivity index (χ2n) is 6.42. The van der Waals surface area contributed by atoms with Crippen LogP contribution in [0.25, 0.3) is 5.57 Å². The van der Waals surface area contributed by atoms with Gasteiger partial charge >= 0.3 is 0 Å². The van der Waals surface area contributed by atoms with Crippen LogP contribution in [0.1, 0.15) is 18.9 Å². The van der Waals surface area contributed by atoms with Gasteiger partial charge in [-0.2, -0.15) is 0 Å². The first-order valence-electron chi connectivity index (χ1n) is 9.40. The monoisotopic (exact) mass is 414 g/mol. The Kier molecular flexibility index (Phi) is 6.90. The lowest BCUT2D eigenvalue weighted by Crippen LogP contribution is -2.34. The van der Waals surface area contributed by atoms with Crippen LogP contribution in [0.15, 0.2) is 54.2 Å². The molecule has 2 aromatic rings. The Labute approximate surface area is 175 Å². The Morgan fingerprint density at radius 2 is 1.69 bits per heavy atom. The van der Waals surface area contributed by atoms with Crippen molar-refractivity contribution in [1.29, 1.82) is 0 Å². The summed E-state index contributed by atoms with van der Waals surface area (Å²) in [6.45, 7) is 3.29. The number of ether oxygens (including phenoxy) is 2. The zero-order chi connectivity index (χ0) is 20.8. The molecule has 7 heteroatoms. The lowest BCUT2D eigenvalue weighted by Gasteiger charge is -2.15. The van der Waals surface area contributed by atoms with Crippen molar-refractivity contribution >= 4 is 34.7 Å². The van der Waals surface area contributed by atoms with Gasteiger partial charge in [0.1, 0.15) is 11.4 Å². The minimum atomic E-state index is -0.354. The fraction of sp³-hybridized carbons (Fsp3) is 0.273. The molecular formula is C22H23ClN2O4. The van der Waals surface area contributed by atoms with Crippen LogP contribution in [-0.4, -0.2) is 43.6 Å². The van der Waals surface area contributed by atoms with E-state index in [-0.39, 0.29) is 17.5 Å². The summed E-state index contributed by atoms with van der Waals surface area (Å²) in [5, 5.41) is 3.67. The largest absolute Gasteiger partial charge is 0.497 e. The molecule has 1 N–H and O–H groups in total. The Morgan fingerprint density at radius 1 is 1.00 bits per heavy atom. The molecule has 2 aromatic carbocycles. The van der Waals surface area contributed by atoms with E-state index in [1.54, 1.807) is 55.6 Å². The van der Waals surface area contributed by atoms with Gasteiger partial charge in [-0.1, -0.05) is 23.7 Å². The molecule has 2 amide bonds. The van der Waals surface area contributed by atoms with E-state index in [2.05, 4.69) is 5.32 Å². The summed E-state index contributed by atoms with van der Waals surface area (Å²) >= 11 is 5.99. The molecule has 0 fully saturated rings. The molecule has 152 valence electrons. The van der Waals surface area contributed by atoms with Gasteiger partial charge in [-0.05, 0) is 55.3 Å². The van der Waals surface area contributed by atoms with Crippen molar-refractivity contribution in [2.24, 2.45) is 0 Å². The number of benzene rings is 2. The summed E-state index contributed by atoms with van der Waals surface area (Å²) in [6.07, 6.45) is 0.578. The molecule has 0 radical (unpaired) electrons. The van der Waals surface area contributed by atoms with Gasteiger partial charge in [-0.3, -0.25) is 14.5 Å². The summed E-state index contributed by atoms with van der Waals surface area (Å²) in [5.41, 5.74) is 1.90. The molecule has 0 atom stereocenters. The van der Waals surface area contributed by atoms with Crippen LogP contribution < -0.4 is 10.1 Å². The van der Waals surface area contributed by atoms with Crippen LogP contribution in [0.3, 0.4) is 0 Å². The molecule has 3 rings (SSSR count). The highest BCUT2D eigenvalue weighted by atomic mass is 35.5. The summed E-state index contributed by atoms with van der Waals surface area (Å²) in [4.78, 5) is 27.4. The number of imide groups is 1. The maximum atomic E-state index is 13.1. The molecule has 1 heterocycles. The standard InChI is InChI=1S/C22H23ClN2O4/c1-3-29-14-4-13-25-21(26)19(15-5-7-16(23)8-6-15)20(22(25)27)24-17-9-11-18(28-2)12-10-17/h5-12,24H,3-4,13-14H2,1-2H3. The summed E-state index contributed by atoms with van der Waals surface area (Å²) < 4.78 is 10.5. The fourth-order valence-electron chi connectivity index (χ4n) is 3.07. The molecule has 0 aromatic heterocycles. The van der Waals surface area contributed by atoms with E-state index in [1.165, 1.54) is 4.90 Å². The highest BCUT2D eigenvalue weighted by Crippen LogP contribution is 2.31. The normalized spacial score (nSPS) is 14.0. The molecule has 29 heavy (non-hydrogen) atoms. The van der Waals surface area contributed by atoms with Gasteiger partial charge in [0.15, 0.2) is 0 Å². The third-order valence-electron chi connectivity index (χ3n) is 4.53. The van der Waals surface area contributed by atoms with Crippen LogP contribution in [0, 0.1) is 0 Å². The van der Waals surface area contributed by atoms with Crippen LogP contribution in [0.4, 0.5) is 5.69 Å². The SMILES string of the molecule is CCOCCCN1C(=O)C(Nc2ccc(OC)cc2)=C(c2ccc(Cl)cc2)C1=O. The maximum absolute atomic E-state index is 13.1. The Hall–Kier alpha value is -2.83. The van der Waals surface area contributed by atoms with E-state index in [4.69, 9.17) is 21.1 Å². The first kappa shape index (κ1) is 20.9. The average Bonchev–Trinajstić information content (AvgIpc) is 2.96. The van der Waals surface area contributed by atoms with Gasteiger partial charge in [0.2, 0.25) is 0 Å². The predicted octanol–water partition coefficient (Wildman–Crippen LogP) is 3.97. The van der Waals surface area contributed by atoms with E-state index < -0.39 is 0 Å². The Morgan fingerprint density at radius 3 is 2.31 bits per heavy atom. The molecule has 0 saturated heterocycles. The topological polar surface area (TPSA) is 67.9 Å². The zero-order valence-corrected chi connectivity index (χ0v) is 17.2.